The molecule has 0 amide bonds. The van der Waals surface area contributed by atoms with Crippen LogP contribution in [0.15, 0.2) is 41.8 Å². The standard InChI is InChI=1S/C12H13FN4O2S2/c13-11-2-1-9(7-10(11)12(14)20)21(18,19)16-4-6-17-5-3-15-8-17/h1-3,5,7-8,16H,4,6H2,(H2,14,20). The van der Waals surface area contributed by atoms with Crippen molar-refractivity contribution in [2.45, 2.75) is 11.4 Å². The zero-order valence-electron chi connectivity index (χ0n) is 10.9. The van der Waals surface area contributed by atoms with Gasteiger partial charge in [-0.25, -0.2) is 22.5 Å². The molecule has 0 radical (unpaired) electrons. The summed E-state index contributed by atoms with van der Waals surface area (Å²) >= 11 is 4.69. The predicted molar refractivity (Wildman–Crippen MR) is 79.7 cm³/mol. The van der Waals surface area contributed by atoms with Crippen LogP contribution in [0.3, 0.4) is 0 Å². The number of halogens is 1. The van der Waals surface area contributed by atoms with Gasteiger partial charge >= 0.3 is 0 Å². The Morgan fingerprint density at radius 2 is 2.24 bits per heavy atom. The lowest BCUT2D eigenvalue weighted by Crippen LogP contribution is -2.27. The molecule has 1 heterocycles. The molecule has 1 aromatic carbocycles. The molecule has 0 aliphatic heterocycles. The van der Waals surface area contributed by atoms with E-state index in [1.807, 2.05) is 0 Å². The lowest BCUT2D eigenvalue weighted by Gasteiger charge is -2.09. The van der Waals surface area contributed by atoms with Gasteiger partial charge in [0.1, 0.15) is 10.8 Å². The molecule has 6 nitrogen and oxygen atoms in total. The Bertz CT molecular complexity index is 745. The summed E-state index contributed by atoms with van der Waals surface area (Å²) in [4.78, 5) is 3.57. The number of hydrogen-bond acceptors (Lipinski definition) is 4. The van der Waals surface area contributed by atoms with Crippen molar-refractivity contribution in [1.82, 2.24) is 14.3 Å². The summed E-state index contributed by atoms with van der Waals surface area (Å²) in [6.07, 6.45) is 4.90. The van der Waals surface area contributed by atoms with E-state index in [1.54, 1.807) is 23.3 Å². The molecule has 0 saturated carbocycles. The van der Waals surface area contributed by atoms with E-state index in [2.05, 4.69) is 21.9 Å². The Hall–Kier alpha value is -1.84. The van der Waals surface area contributed by atoms with Crippen LogP contribution in [0.5, 0.6) is 0 Å². The van der Waals surface area contributed by atoms with Gasteiger partial charge in [0, 0.05) is 31.0 Å². The lowest BCUT2D eigenvalue weighted by molar-refractivity contribution is 0.572. The molecular weight excluding hydrogens is 315 g/mol. The molecule has 0 unspecified atom stereocenters. The fraction of sp³-hybridized carbons (Fsp3) is 0.167. The second-order valence-electron chi connectivity index (χ2n) is 4.20. The molecule has 21 heavy (non-hydrogen) atoms. The van der Waals surface area contributed by atoms with Crippen LogP contribution in [0.25, 0.3) is 0 Å². The third kappa shape index (κ3) is 3.84. The van der Waals surface area contributed by atoms with Crippen molar-refractivity contribution in [2.24, 2.45) is 5.73 Å². The monoisotopic (exact) mass is 328 g/mol. The van der Waals surface area contributed by atoms with Crippen molar-refractivity contribution >= 4 is 27.2 Å². The minimum Gasteiger partial charge on any atom is -0.389 e. The maximum Gasteiger partial charge on any atom is 0.240 e. The zero-order chi connectivity index (χ0) is 15.5. The van der Waals surface area contributed by atoms with E-state index in [0.717, 1.165) is 18.2 Å². The van der Waals surface area contributed by atoms with Crippen LogP contribution in [0.1, 0.15) is 5.56 Å². The van der Waals surface area contributed by atoms with E-state index in [1.165, 1.54) is 0 Å². The Morgan fingerprint density at radius 3 is 2.86 bits per heavy atom. The molecular formula is C12H13FN4O2S2. The second-order valence-corrected chi connectivity index (χ2v) is 6.41. The van der Waals surface area contributed by atoms with E-state index in [9.17, 15) is 12.8 Å². The van der Waals surface area contributed by atoms with E-state index in [4.69, 9.17) is 5.73 Å². The quantitative estimate of drug-likeness (QED) is 0.759. The lowest BCUT2D eigenvalue weighted by atomic mass is 10.2. The summed E-state index contributed by atoms with van der Waals surface area (Å²) in [5.41, 5.74) is 5.26. The van der Waals surface area contributed by atoms with Gasteiger partial charge in [0.15, 0.2) is 0 Å². The molecule has 0 atom stereocenters. The number of sulfonamides is 1. The number of thiocarbonyl (C=S) groups is 1. The number of nitrogens with two attached hydrogens (primary N) is 1. The van der Waals surface area contributed by atoms with Crippen molar-refractivity contribution in [3.8, 4) is 0 Å². The van der Waals surface area contributed by atoms with E-state index in [-0.39, 0.29) is 22.0 Å². The second kappa shape index (κ2) is 6.29. The summed E-state index contributed by atoms with van der Waals surface area (Å²) in [5, 5.41) is 0. The van der Waals surface area contributed by atoms with Crippen LogP contribution >= 0.6 is 12.2 Å². The van der Waals surface area contributed by atoms with Crippen molar-refractivity contribution in [1.29, 1.82) is 0 Å². The number of nitrogens with zero attached hydrogens (tertiary/aromatic N) is 2. The van der Waals surface area contributed by atoms with Crippen molar-refractivity contribution in [3.63, 3.8) is 0 Å². The highest BCUT2D eigenvalue weighted by atomic mass is 32.2. The minimum atomic E-state index is -3.75. The SMILES string of the molecule is NC(=S)c1cc(S(=O)(=O)NCCn2ccnc2)ccc1F. The fourth-order valence-corrected chi connectivity index (χ4v) is 2.88. The van der Waals surface area contributed by atoms with Crippen LogP contribution in [0.2, 0.25) is 0 Å². The molecule has 0 fully saturated rings. The maximum absolute atomic E-state index is 13.5. The normalized spacial score (nSPS) is 11.5. The van der Waals surface area contributed by atoms with Gasteiger partial charge in [-0.2, -0.15) is 0 Å². The van der Waals surface area contributed by atoms with Gasteiger partial charge in [-0.15, -0.1) is 0 Å². The summed E-state index contributed by atoms with van der Waals surface area (Å²) in [6, 6.07) is 3.31. The molecule has 0 aliphatic rings. The number of hydrogen-bond donors (Lipinski definition) is 2. The van der Waals surface area contributed by atoms with Gasteiger partial charge in [0.25, 0.3) is 0 Å². The van der Waals surface area contributed by atoms with Gasteiger partial charge in [0.2, 0.25) is 10.0 Å². The predicted octanol–water partition coefficient (Wildman–Crippen LogP) is 0.635. The third-order valence-electron chi connectivity index (χ3n) is 2.73. The molecule has 2 aromatic rings. The van der Waals surface area contributed by atoms with Crippen LogP contribution in [0.4, 0.5) is 4.39 Å². The first-order valence-corrected chi connectivity index (χ1v) is 7.84. The van der Waals surface area contributed by atoms with Gasteiger partial charge in [0.05, 0.1) is 11.2 Å². The fourth-order valence-electron chi connectivity index (χ4n) is 1.67. The Labute approximate surface area is 126 Å². The summed E-state index contributed by atoms with van der Waals surface area (Å²) in [5.74, 6) is -0.653. The highest BCUT2D eigenvalue weighted by molar-refractivity contribution is 7.89. The Kier molecular flexibility index (Phi) is 4.66. The highest BCUT2D eigenvalue weighted by Crippen LogP contribution is 2.15. The van der Waals surface area contributed by atoms with Gasteiger partial charge in [-0.05, 0) is 18.2 Å². The van der Waals surface area contributed by atoms with E-state index in [0.29, 0.717) is 6.54 Å². The first-order chi connectivity index (χ1) is 9.90. The first kappa shape index (κ1) is 15.5. The number of benzene rings is 1. The van der Waals surface area contributed by atoms with Gasteiger partial charge < -0.3 is 10.3 Å². The molecule has 3 N–H and O–H groups in total. The molecule has 0 saturated heterocycles. The molecule has 0 spiro atoms. The van der Waals surface area contributed by atoms with E-state index >= 15 is 0 Å². The minimum absolute atomic E-state index is 0.0858. The van der Waals surface area contributed by atoms with Crippen molar-refractivity contribution < 1.29 is 12.8 Å². The average Bonchev–Trinajstić information content (AvgIpc) is 2.91. The van der Waals surface area contributed by atoms with Crippen LogP contribution in [-0.4, -0.2) is 29.5 Å². The molecule has 1 aromatic heterocycles. The number of aromatic nitrogens is 2. The summed E-state index contributed by atoms with van der Waals surface area (Å²) < 4.78 is 41.8. The van der Waals surface area contributed by atoms with Crippen LogP contribution in [-0.2, 0) is 16.6 Å². The number of imidazole rings is 1. The van der Waals surface area contributed by atoms with Crippen LogP contribution in [0, 0.1) is 5.82 Å². The average molecular weight is 328 g/mol. The molecule has 9 heteroatoms. The van der Waals surface area contributed by atoms with Crippen molar-refractivity contribution in [3.05, 3.63) is 48.3 Å². The highest BCUT2D eigenvalue weighted by Gasteiger charge is 2.16. The van der Waals surface area contributed by atoms with Crippen molar-refractivity contribution in [2.75, 3.05) is 6.54 Å². The Morgan fingerprint density at radius 1 is 1.48 bits per heavy atom. The largest absolute Gasteiger partial charge is 0.389 e. The molecule has 2 rings (SSSR count). The molecule has 0 aliphatic carbocycles. The summed E-state index contributed by atoms with van der Waals surface area (Å²) in [7, 11) is -3.75. The summed E-state index contributed by atoms with van der Waals surface area (Å²) in [6.45, 7) is 0.612. The number of rotatable bonds is 6. The molecule has 0 bridgehead atoms. The first-order valence-electron chi connectivity index (χ1n) is 5.95. The number of nitrogens with one attached hydrogen (secondary N) is 1. The smallest absolute Gasteiger partial charge is 0.240 e. The van der Waals surface area contributed by atoms with Gasteiger partial charge in [-0.1, -0.05) is 12.2 Å². The van der Waals surface area contributed by atoms with Crippen LogP contribution < -0.4 is 10.5 Å². The molecule has 112 valence electrons. The van der Waals surface area contributed by atoms with E-state index < -0.39 is 15.8 Å². The topological polar surface area (TPSA) is 90.0 Å². The van der Waals surface area contributed by atoms with Gasteiger partial charge in [-0.3, -0.25) is 0 Å². The third-order valence-corrected chi connectivity index (χ3v) is 4.41. The maximum atomic E-state index is 13.5. The Balaban J connectivity index is 2.12. The zero-order valence-corrected chi connectivity index (χ0v) is 12.5.